The Morgan fingerprint density at radius 1 is 1.31 bits per heavy atom. The molecule has 0 saturated heterocycles. The third kappa shape index (κ3) is 2.04. The number of hydrogen-bond acceptors (Lipinski definition) is 1. The molecule has 0 radical (unpaired) electrons. The molecule has 80 valence electrons. The van der Waals surface area contributed by atoms with E-state index >= 15 is 0 Å². The lowest BCUT2D eigenvalue weighted by Crippen LogP contribution is -1.97. The van der Waals surface area contributed by atoms with Gasteiger partial charge in [-0.05, 0) is 41.8 Å². The van der Waals surface area contributed by atoms with Crippen LogP contribution in [0.15, 0.2) is 36.4 Å². The van der Waals surface area contributed by atoms with Crippen LogP contribution in [-0.4, -0.2) is 0 Å². The molecule has 2 rings (SSSR count). The molecule has 0 fully saturated rings. The summed E-state index contributed by atoms with van der Waals surface area (Å²) in [6.45, 7) is 1.89. The summed E-state index contributed by atoms with van der Waals surface area (Å²) in [7, 11) is 0. The van der Waals surface area contributed by atoms with Gasteiger partial charge in [0.2, 0.25) is 0 Å². The second-order valence-electron chi connectivity index (χ2n) is 4.02. The number of nitrogens with zero attached hydrogens (tertiary/aromatic N) is 1. The molecular formula is C14H12FN. The first-order valence-electron chi connectivity index (χ1n) is 5.27. The van der Waals surface area contributed by atoms with Crippen molar-refractivity contribution in [2.75, 3.05) is 0 Å². The van der Waals surface area contributed by atoms with Gasteiger partial charge in [-0.25, -0.2) is 4.39 Å². The fraction of sp³-hybridized carbons (Fsp3) is 0.214. The molecule has 0 aromatic heterocycles. The zero-order valence-electron chi connectivity index (χ0n) is 9.07. The van der Waals surface area contributed by atoms with Gasteiger partial charge in [-0.1, -0.05) is 24.3 Å². The van der Waals surface area contributed by atoms with Gasteiger partial charge in [-0.15, -0.1) is 0 Å². The van der Waals surface area contributed by atoms with E-state index in [9.17, 15) is 4.39 Å². The molecule has 0 aliphatic heterocycles. The Kier molecular flexibility index (Phi) is 2.87. The smallest absolute Gasteiger partial charge is 0.123 e. The van der Waals surface area contributed by atoms with Crippen LogP contribution in [0.25, 0.3) is 10.8 Å². The van der Waals surface area contributed by atoms with Crippen molar-refractivity contribution >= 4 is 10.8 Å². The van der Waals surface area contributed by atoms with Crippen molar-refractivity contribution in [3.05, 3.63) is 47.8 Å². The standard InChI is InChI=1S/C14H12FN/c1-10(9-16)7-11-3-2-4-12-8-13(15)5-6-14(11)12/h2-6,8,10H,7H2,1H3. The van der Waals surface area contributed by atoms with Crippen LogP contribution in [0.5, 0.6) is 0 Å². The predicted octanol–water partition coefficient (Wildman–Crippen LogP) is 3.68. The summed E-state index contributed by atoms with van der Waals surface area (Å²) >= 11 is 0. The molecule has 0 saturated carbocycles. The highest BCUT2D eigenvalue weighted by Gasteiger charge is 2.06. The minimum atomic E-state index is -0.224. The van der Waals surface area contributed by atoms with Crippen LogP contribution in [-0.2, 0) is 6.42 Å². The third-order valence-electron chi connectivity index (χ3n) is 2.68. The van der Waals surface area contributed by atoms with Crippen molar-refractivity contribution in [3.63, 3.8) is 0 Å². The maximum absolute atomic E-state index is 13.0. The molecule has 16 heavy (non-hydrogen) atoms. The predicted molar refractivity (Wildman–Crippen MR) is 62.4 cm³/mol. The lowest BCUT2D eigenvalue weighted by atomic mass is 9.97. The molecule has 0 aliphatic rings. The zero-order chi connectivity index (χ0) is 11.5. The van der Waals surface area contributed by atoms with Gasteiger partial charge in [0.05, 0.1) is 6.07 Å². The Labute approximate surface area is 94.1 Å². The van der Waals surface area contributed by atoms with Gasteiger partial charge >= 0.3 is 0 Å². The first-order valence-corrected chi connectivity index (χ1v) is 5.27. The second kappa shape index (κ2) is 4.32. The molecule has 0 N–H and O–H groups in total. The van der Waals surface area contributed by atoms with Gasteiger partial charge in [0, 0.05) is 5.92 Å². The van der Waals surface area contributed by atoms with Gasteiger partial charge < -0.3 is 0 Å². The fourth-order valence-corrected chi connectivity index (χ4v) is 1.88. The SMILES string of the molecule is CC(C#N)Cc1cccc2cc(F)ccc12. The van der Waals surface area contributed by atoms with Crippen LogP contribution in [0.2, 0.25) is 0 Å². The van der Waals surface area contributed by atoms with Crippen LogP contribution in [0.4, 0.5) is 4.39 Å². The van der Waals surface area contributed by atoms with Gasteiger partial charge in [-0.3, -0.25) is 0 Å². The Hall–Kier alpha value is -1.88. The van der Waals surface area contributed by atoms with E-state index in [-0.39, 0.29) is 11.7 Å². The van der Waals surface area contributed by atoms with Crippen molar-refractivity contribution in [1.82, 2.24) is 0 Å². The molecule has 0 aliphatic carbocycles. The molecule has 2 aromatic rings. The Morgan fingerprint density at radius 2 is 2.12 bits per heavy atom. The number of fused-ring (bicyclic) bond motifs is 1. The van der Waals surface area contributed by atoms with Gasteiger partial charge in [0.15, 0.2) is 0 Å². The molecule has 0 bridgehead atoms. The largest absolute Gasteiger partial charge is 0.207 e. The van der Waals surface area contributed by atoms with Crippen molar-refractivity contribution in [3.8, 4) is 6.07 Å². The van der Waals surface area contributed by atoms with Crippen molar-refractivity contribution in [2.45, 2.75) is 13.3 Å². The van der Waals surface area contributed by atoms with Gasteiger partial charge in [-0.2, -0.15) is 5.26 Å². The molecule has 0 heterocycles. The molecule has 2 heteroatoms. The minimum absolute atomic E-state index is 0.0179. The van der Waals surface area contributed by atoms with Crippen LogP contribution >= 0.6 is 0 Å². The summed E-state index contributed by atoms with van der Waals surface area (Å²) in [6, 6.07) is 12.8. The summed E-state index contributed by atoms with van der Waals surface area (Å²) < 4.78 is 13.0. The lowest BCUT2D eigenvalue weighted by molar-refractivity contribution is 0.629. The average molecular weight is 213 g/mol. The Morgan fingerprint density at radius 3 is 2.88 bits per heavy atom. The summed E-state index contributed by atoms with van der Waals surface area (Å²) in [5.74, 6) is -0.242. The third-order valence-corrected chi connectivity index (χ3v) is 2.68. The van der Waals surface area contributed by atoms with Crippen LogP contribution < -0.4 is 0 Å². The molecule has 1 unspecified atom stereocenters. The maximum atomic E-state index is 13.0. The zero-order valence-corrected chi connectivity index (χ0v) is 9.07. The number of benzene rings is 2. The van der Waals surface area contributed by atoms with Crippen molar-refractivity contribution in [2.24, 2.45) is 5.92 Å². The first kappa shape index (κ1) is 10.6. The fourth-order valence-electron chi connectivity index (χ4n) is 1.88. The molecule has 0 spiro atoms. The number of halogens is 1. The Balaban J connectivity index is 2.50. The normalized spacial score (nSPS) is 12.3. The minimum Gasteiger partial charge on any atom is -0.207 e. The topological polar surface area (TPSA) is 23.8 Å². The Bertz CT molecular complexity index is 554. The molecule has 0 amide bonds. The number of hydrogen-bond donors (Lipinski definition) is 0. The lowest BCUT2D eigenvalue weighted by Gasteiger charge is -2.07. The monoisotopic (exact) mass is 213 g/mol. The average Bonchev–Trinajstić information content (AvgIpc) is 2.28. The molecular weight excluding hydrogens is 201 g/mol. The molecule has 2 aromatic carbocycles. The summed E-state index contributed by atoms with van der Waals surface area (Å²) in [5.41, 5.74) is 1.10. The van der Waals surface area contributed by atoms with E-state index in [1.807, 2.05) is 25.1 Å². The summed E-state index contributed by atoms with van der Waals surface area (Å²) in [6.07, 6.45) is 0.708. The summed E-state index contributed by atoms with van der Waals surface area (Å²) in [4.78, 5) is 0. The number of rotatable bonds is 2. The van der Waals surface area contributed by atoms with Crippen LogP contribution in [0.3, 0.4) is 0 Å². The highest BCUT2D eigenvalue weighted by Crippen LogP contribution is 2.22. The molecule has 1 nitrogen and oxygen atoms in total. The highest BCUT2D eigenvalue weighted by molar-refractivity contribution is 5.85. The quantitative estimate of drug-likeness (QED) is 0.746. The highest BCUT2D eigenvalue weighted by atomic mass is 19.1. The van der Waals surface area contributed by atoms with E-state index in [0.29, 0.717) is 6.42 Å². The van der Waals surface area contributed by atoms with Crippen LogP contribution in [0, 0.1) is 23.1 Å². The maximum Gasteiger partial charge on any atom is 0.123 e. The second-order valence-corrected chi connectivity index (χ2v) is 4.02. The van der Waals surface area contributed by atoms with Crippen LogP contribution in [0.1, 0.15) is 12.5 Å². The van der Waals surface area contributed by atoms with Gasteiger partial charge in [0.1, 0.15) is 5.82 Å². The first-order chi connectivity index (χ1) is 7.70. The number of nitriles is 1. The summed E-state index contributed by atoms with van der Waals surface area (Å²) in [5, 5.41) is 10.7. The van der Waals surface area contributed by atoms with Crippen molar-refractivity contribution in [1.29, 1.82) is 5.26 Å². The van der Waals surface area contributed by atoms with Gasteiger partial charge in [0.25, 0.3) is 0 Å². The van der Waals surface area contributed by atoms with E-state index in [0.717, 1.165) is 16.3 Å². The molecule has 1 atom stereocenters. The van der Waals surface area contributed by atoms with E-state index < -0.39 is 0 Å². The van der Waals surface area contributed by atoms with Crippen molar-refractivity contribution < 1.29 is 4.39 Å². The van der Waals surface area contributed by atoms with E-state index in [4.69, 9.17) is 5.26 Å². The van der Waals surface area contributed by atoms with E-state index in [1.165, 1.54) is 12.1 Å². The van der Waals surface area contributed by atoms with E-state index in [1.54, 1.807) is 6.07 Å². The van der Waals surface area contributed by atoms with E-state index in [2.05, 4.69) is 6.07 Å².